The molecular formula is C8H5ClN6O3. The van der Waals surface area contributed by atoms with E-state index in [0.29, 0.717) is 0 Å². The maximum atomic E-state index is 11.6. The molecule has 0 unspecified atom stereocenters. The first-order chi connectivity index (χ1) is 8.58. The molecule has 0 aliphatic rings. The van der Waals surface area contributed by atoms with Gasteiger partial charge in [0.1, 0.15) is 0 Å². The third-order valence-electron chi connectivity index (χ3n) is 1.96. The third kappa shape index (κ3) is 2.40. The van der Waals surface area contributed by atoms with Gasteiger partial charge in [0.2, 0.25) is 0 Å². The Morgan fingerprint density at radius 2 is 2.28 bits per heavy atom. The number of aromatic nitrogens is 4. The third-order valence-corrected chi connectivity index (χ3v) is 2.29. The molecule has 0 atom stereocenters. The zero-order chi connectivity index (χ0) is 13.1. The fraction of sp³-hybridized carbons (Fsp3) is 0. The quantitative estimate of drug-likeness (QED) is 0.632. The first-order valence-electron chi connectivity index (χ1n) is 4.56. The number of hydrogen-bond donors (Lipinski definition) is 2. The van der Waals surface area contributed by atoms with Crippen molar-refractivity contribution < 1.29 is 9.72 Å². The molecule has 9 nitrogen and oxygen atoms in total. The molecule has 1 heterocycles. The Kier molecular flexibility index (Phi) is 3.15. The molecule has 18 heavy (non-hydrogen) atoms. The second-order valence-corrected chi connectivity index (χ2v) is 3.52. The Morgan fingerprint density at radius 1 is 1.50 bits per heavy atom. The van der Waals surface area contributed by atoms with Gasteiger partial charge in [-0.25, -0.2) is 0 Å². The van der Waals surface area contributed by atoms with Crippen molar-refractivity contribution in [1.29, 1.82) is 0 Å². The zero-order valence-electron chi connectivity index (χ0n) is 8.62. The SMILES string of the molecule is O=C(Nc1cc([N+](=O)[O-])ccc1Cl)c1nn[nH]n1. The molecule has 0 aliphatic heterocycles. The minimum atomic E-state index is -0.675. The molecule has 0 saturated heterocycles. The van der Waals surface area contributed by atoms with Crippen molar-refractivity contribution in [3.63, 3.8) is 0 Å². The van der Waals surface area contributed by atoms with Crippen LogP contribution in [-0.4, -0.2) is 31.5 Å². The van der Waals surface area contributed by atoms with Crippen LogP contribution >= 0.6 is 11.6 Å². The summed E-state index contributed by atoms with van der Waals surface area (Å²) in [5, 5.41) is 25.4. The molecule has 1 amide bonds. The van der Waals surface area contributed by atoms with E-state index in [9.17, 15) is 14.9 Å². The van der Waals surface area contributed by atoms with E-state index in [1.54, 1.807) is 0 Å². The number of nitrogens with zero attached hydrogens (tertiary/aromatic N) is 4. The lowest BCUT2D eigenvalue weighted by molar-refractivity contribution is -0.384. The first-order valence-corrected chi connectivity index (χ1v) is 4.94. The smallest absolute Gasteiger partial charge is 0.297 e. The number of nitro benzene ring substituents is 1. The Hall–Kier alpha value is -2.55. The minimum Gasteiger partial charge on any atom is -0.318 e. The van der Waals surface area contributed by atoms with Gasteiger partial charge in [0.05, 0.1) is 15.6 Å². The molecule has 1 aromatic carbocycles. The van der Waals surface area contributed by atoms with Gasteiger partial charge >= 0.3 is 0 Å². The molecule has 0 spiro atoms. The lowest BCUT2D eigenvalue weighted by Gasteiger charge is -2.04. The number of tetrazole rings is 1. The number of hydrogen-bond acceptors (Lipinski definition) is 6. The molecule has 2 aromatic rings. The van der Waals surface area contributed by atoms with E-state index in [2.05, 4.69) is 25.9 Å². The first kappa shape index (κ1) is 11.9. The summed E-state index contributed by atoms with van der Waals surface area (Å²) in [5.74, 6) is -0.872. The van der Waals surface area contributed by atoms with Crippen molar-refractivity contribution in [1.82, 2.24) is 20.6 Å². The van der Waals surface area contributed by atoms with Crippen LogP contribution in [0, 0.1) is 10.1 Å². The Labute approximate surface area is 104 Å². The zero-order valence-corrected chi connectivity index (χ0v) is 9.38. The van der Waals surface area contributed by atoms with Crippen LogP contribution < -0.4 is 5.32 Å². The van der Waals surface area contributed by atoms with Crippen LogP contribution in [0.5, 0.6) is 0 Å². The van der Waals surface area contributed by atoms with Gasteiger partial charge < -0.3 is 5.32 Å². The van der Waals surface area contributed by atoms with Crippen molar-refractivity contribution in [2.75, 3.05) is 5.32 Å². The molecule has 92 valence electrons. The van der Waals surface area contributed by atoms with Gasteiger partial charge in [-0.2, -0.15) is 5.21 Å². The van der Waals surface area contributed by atoms with Gasteiger partial charge in [-0.15, -0.1) is 10.2 Å². The van der Waals surface area contributed by atoms with E-state index in [-0.39, 0.29) is 22.2 Å². The summed E-state index contributed by atoms with van der Waals surface area (Å²) < 4.78 is 0. The molecular weight excluding hydrogens is 264 g/mol. The normalized spacial score (nSPS) is 10.1. The number of halogens is 1. The highest BCUT2D eigenvalue weighted by molar-refractivity contribution is 6.34. The summed E-state index contributed by atoms with van der Waals surface area (Å²) in [6.45, 7) is 0. The summed E-state index contributed by atoms with van der Waals surface area (Å²) in [4.78, 5) is 21.6. The number of nitrogens with one attached hydrogen (secondary N) is 2. The van der Waals surface area contributed by atoms with Crippen LogP contribution in [0.25, 0.3) is 0 Å². The van der Waals surface area contributed by atoms with E-state index < -0.39 is 10.8 Å². The maximum absolute atomic E-state index is 11.6. The number of rotatable bonds is 3. The Balaban J connectivity index is 2.26. The highest BCUT2D eigenvalue weighted by Gasteiger charge is 2.15. The topological polar surface area (TPSA) is 127 Å². The van der Waals surface area contributed by atoms with Gasteiger partial charge in [-0.05, 0) is 11.3 Å². The Morgan fingerprint density at radius 3 is 2.89 bits per heavy atom. The average molecular weight is 269 g/mol. The van der Waals surface area contributed by atoms with Gasteiger partial charge in [-0.3, -0.25) is 14.9 Å². The predicted molar refractivity (Wildman–Crippen MR) is 60.2 cm³/mol. The molecule has 0 saturated carbocycles. The van der Waals surface area contributed by atoms with Gasteiger partial charge in [0.25, 0.3) is 17.4 Å². The van der Waals surface area contributed by atoms with Gasteiger partial charge in [0, 0.05) is 12.1 Å². The monoisotopic (exact) mass is 268 g/mol. The van der Waals surface area contributed by atoms with E-state index in [1.165, 1.54) is 12.1 Å². The summed E-state index contributed by atoms with van der Waals surface area (Å²) in [5.41, 5.74) is -0.0940. The summed E-state index contributed by atoms with van der Waals surface area (Å²) in [7, 11) is 0. The number of benzene rings is 1. The highest BCUT2D eigenvalue weighted by atomic mass is 35.5. The number of carbonyl (C=O) groups excluding carboxylic acids is 1. The summed E-state index contributed by atoms with van der Waals surface area (Å²) in [6, 6.07) is 3.68. The van der Waals surface area contributed by atoms with Crippen LogP contribution in [0.2, 0.25) is 5.02 Å². The van der Waals surface area contributed by atoms with Crippen molar-refractivity contribution in [2.45, 2.75) is 0 Å². The van der Waals surface area contributed by atoms with Gasteiger partial charge in [0.15, 0.2) is 0 Å². The van der Waals surface area contributed by atoms with Crippen molar-refractivity contribution in [3.05, 3.63) is 39.2 Å². The van der Waals surface area contributed by atoms with E-state index in [1.807, 2.05) is 0 Å². The largest absolute Gasteiger partial charge is 0.318 e. The van der Waals surface area contributed by atoms with Crippen LogP contribution in [0.1, 0.15) is 10.6 Å². The number of H-pyrrole nitrogens is 1. The highest BCUT2D eigenvalue weighted by Crippen LogP contribution is 2.26. The molecule has 0 aliphatic carbocycles. The lowest BCUT2D eigenvalue weighted by Crippen LogP contribution is -2.14. The molecule has 0 fully saturated rings. The predicted octanol–water partition coefficient (Wildman–Crippen LogP) is 1.01. The second-order valence-electron chi connectivity index (χ2n) is 3.11. The van der Waals surface area contributed by atoms with Crippen LogP contribution in [0.3, 0.4) is 0 Å². The van der Waals surface area contributed by atoms with Crippen LogP contribution in [0.15, 0.2) is 18.2 Å². The number of carbonyl (C=O) groups is 1. The molecule has 0 radical (unpaired) electrons. The molecule has 10 heteroatoms. The van der Waals surface area contributed by atoms with Crippen molar-refractivity contribution in [2.24, 2.45) is 0 Å². The van der Waals surface area contributed by atoms with Crippen LogP contribution in [0.4, 0.5) is 11.4 Å². The number of anilines is 1. The molecule has 1 aromatic heterocycles. The maximum Gasteiger partial charge on any atom is 0.297 e. The number of amides is 1. The van der Waals surface area contributed by atoms with Crippen molar-refractivity contribution in [3.8, 4) is 0 Å². The number of aromatic amines is 1. The van der Waals surface area contributed by atoms with Crippen molar-refractivity contribution >= 4 is 28.9 Å². The second kappa shape index (κ2) is 4.75. The molecule has 0 bridgehead atoms. The lowest BCUT2D eigenvalue weighted by atomic mass is 10.2. The standard InChI is InChI=1S/C8H5ClN6O3/c9-5-2-1-4(15(17)18)3-6(5)10-8(16)7-11-13-14-12-7/h1-3H,(H,10,16)(H,11,12,13,14). The fourth-order valence-electron chi connectivity index (χ4n) is 1.16. The van der Waals surface area contributed by atoms with E-state index >= 15 is 0 Å². The number of non-ortho nitro benzene ring substituents is 1. The minimum absolute atomic E-state index is 0.0978. The summed E-state index contributed by atoms with van der Waals surface area (Å²) in [6.07, 6.45) is 0. The fourth-order valence-corrected chi connectivity index (χ4v) is 1.32. The van der Waals surface area contributed by atoms with Crippen LogP contribution in [-0.2, 0) is 0 Å². The number of nitro groups is 1. The molecule has 2 N–H and O–H groups in total. The Bertz CT molecular complexity index is 599. The van der Waals surface area contributed by atoms with Gasteiger partial charge in [-0.1, -0.05) is 11.6 Å². The molecule has 2 rings (SSSR count). The summed E-state index contributed by atoms with van der Waals surface area (Å²) >= 11 is 5.80. The average Bonchev–Trinajstić information content (AvgIpc) is 2.85. The van der Waals surface area contributed by atoms with E-state index in [4.69, 9.17) is 11.6 Å². The van der Waals surface area contributed by atoms with E-state index in [0.717, 1.165) is 6.07 Å².